The second-order valence-electron chi connectivity index (χ2n) is 7.01. The molecule has 9 nitrogen and oxygen atoms in total. The average molecular weight is 428 g/mol. The Morgan fingerprint density at radius 3 is 2.23 bits per heavy atom. The van der Waals surface area contributed by atoms with Crippen molar-refractivity contribution in [1.82, 2.24) is 0 Å². The number of allylic oxidation sites excluding steroid dienone is 1. The fraction of sp³-hybridized carbons (Fsp3) is 0.182. The highest BCUT2D eigenvalue weighted by Crippen LogP contribution is 2.37. The second-order valence-corrected chi connectivity index (χ2v) is 7.01. The fourth-order valence-corrected chi connectivity index (χ4v) is 3.02. The van der Waals surface area contributed by atoms with Gasteiger partial charge in [0.05, 0.1) is 5.56 Å². The maximum atomic E-state index is 12.0. The number of aromatic carboxylic acids is 1. The zero-order valence-corrected chi connectivity index (χ0v) is 16.7. The van der Waals surface area contributed by atoms with E-state index in [-0.39, 0.29) is 22.1 Å². The van der Waals surface area contributed by atoms with Crippen LogP contribution in [0.15, 0.2) is 45.1 Å². The Morgan fingerprint density at radius 1 is 0.968 bits per heavy atom. The summed E-state index contributed by atoms with van der Waals surface area (Å²) in [6.45, 7) is 4.15. The first-order valence-electron chi connectivity index (χ1n) is 9.14. The summed E-state index contributed by atoms with van der Waals surface area (Å²) in [5, 5.41) is 45.5. The van der Waals surface area contributed by atoms with Gasteiger partial charge in [-0.2, -0.15) is 0 Å². The van der Waals surface area contributed by atoms with Crippen molar-refractivity contribution >= 4 is 16.9 Å². The number of carboxylic acid groups (broad SMARTS) is 1. The summed E-state index contributed by atoms with van der Waals surface area (Å²) in [5.74, 6) is -2.28. The van der Waals surface area contributed by atoms with Crippen LogP contribution in [0.2, 0.25) is 0 Å². The number of carbonyl (C=O) groups is 1. The Kier molecular flexibility index (Phi) is 5.78. The Balaban J connectivity index is 0.000000196. The average Bonchev–Trinajstić information content (AvgIpc) is 2.87. The van der Waals surface area contributed by atoms with Gasteiger partial charge in [0, 0.05) is 17.7 Å². The molecule has 0 unspecified atom stereocenters. The van der Waals surface area contributed by atoms with Gasteiger partial charge in [-0.1, -0.05) is 6.08 Å². The predicted molar refractivity (Wildman–Crippen MR) is 110 cm³/mol. The number of ether oxygens (including phenoxy) is 1. The number of rotatable bonds is 1. The molecule has 5 N–H and O–H groups in total. The van der Waals surface area contributed by atoms with E-state index in [1.807, 2.05) is 13.0 Å². The highest BCUT2D eigenvalue weighted by Gasteiger charge is 2.19. The van der Waals surface area contributed by atoms with Crippen molar-refractivity contribution in [2.75, 3.05) is 6.61 Å². The van der Waals surface area contributed by atoms with Gasteiger partial charge in [0.25, 0.3) is 0 Å². The van der Waals surface area contributed by atoms with E-state index in [0.29, 0.717) is 35.7 Å². The van der Waals surface area contributed by atoms with E-state index in [1.165, 1.54) is 6.07 Å². The number of hydrogen-bond donors (Lipinski definition) is 5. The molecular weight excluding hydrogens is 408 g/mol. The zero-order valence-electron chi connectivity index (χ0n) is 16.7. The number of phenols is 4. The number of aromatic hydroxyl groups is 4. The topological polar surface area (TPSA) is 158 Å². The van der Waals surface area contributed by atoms with Gasteiger partial charge in [0.15, 0.2) is 22.7 Å². The van der Waals surface area contributed by atoms with Crippen molar-refractivity contribution in [3.8, 4) is 28.7 Å². The van der Waals surface area contributed by atoms with Crippen LogP contribution in [0, 0.1) is 6.92 Å². The molecule has 0 fully saturated rings. The van der Waals surface area contributed by atoms with Gasteiger partial charge in [-0.15, -0.1) is 0 Å². The van der Waals surface area contributed by atoms with Gasteiger partial charge >= 0.3 is 5.97 Å². The van der Waals surface area contributed by atoms with Gasteiger partial charge in [-0.3, -0.25) is 4.79 Å². The minimum Gasteiger partial charge on any atom is -0.507 e. The lowest BCUT2D eigenvalue weighted by Crippen LogP contribution is -2.04. The quantitative estimate of drug-likeness (QED) is 0.290. The van der Waals surface area contributed by atoms with E-state index in [9.17, 15) is 14.7 Å². The maximum Gasteiger partial charge on any atom is 0.335 e. The molecule has 0 amide bonds. The highest BCUT2D eigenvalue weighted by atomic mass is 16.5. The molecule has 0 atom stereocenters. The number of aryl methyl sites for hydroxylation is 1. The minimum absolute atomic E-state index is 0.0350. The number of phenolic OH excluding ortho intramolecular Hbond substituents is 4. The van der Waals surface area contributed by atoms with Crippen LogP contribution in [0.5, 0.6) is 28.7 Å². The van der Waals surface area contributed by atoms with Gasteiger partial charge in [-0.25, -0.2) is 4.79 Å². The molecular formula is C22H20O9. The van der Waals surface area contributed by atoms with E-state index >= 15 is 0 Å². The normalized spacial score (nSPS) is 12.6. The lowest BCUT2D eigenvalue weighted by Gasteiger charge is -2.11. The van der Waals surface area contributed by atoms with Gasteiger partial charge < -0.3 is 34.7 Å². The number of carboxylic acids is 1. The molecule has 1 aromatic heterocycles. The van der Waals surface area contributed by atoms with Crippen molar-refractivity contribution in [1.29, 1.82) is 0 Å². The monoisotopic (exact) mass is 428 g/mol. The Morgan fingerprint density at radius 2 is 1.61 bits per heavy atom. The van der Waals surface area contributed by atoms with E-state index < -0.39 is 23.2 Å². The summed E-state index contributed by atoms with van der Waals surface area (Å²) in [6, 6.07) is 4.76. The standard InChI is InChI=1S/C15H14O4.C7H6O5/c1-8-3-4-10-12(18-7-8)6-13-14(15(10)17)11(16)5-9(2)19-13;8-4-1-3(7(11)12)2-5(9)6(4)10/h3,5-6,17H,4,7H2,1-2H3;1-2,8-10H,(H,11,12). The molecule has 0 saturated carbocycles. The van der Waals surface area contributed by atoms with Crippen molar-refractivity contribution < 1.29 is 39.5 Å². The van der Waals surface area contributed by atoms with Crippen molar-refractivity contribution in [3.05, 3.63) is 63.0 Å². The lowest BCUT2D eigenvalue weighted by molar-refractivity contribution is 0.0696. The molecule has 0 spiro atoms. The molecule has 0 radical (unpaired) electrons. The molecule has 1 aliphatic heterocycles. The molecule has 2 heterocycles. The van der Waals surface area contributed by atoms with Crippen molar-refractivity contribution in [2.45, 2.75) is 20.3 Å². The third kappa shape index (κ3) is 4.40. The summed E-state index contributed by atoms with van der Waals surface area (Å²) in [7, 11) is 0. The fourth-order valence-electron chi connectivity index (χ4n) is 3.02. The zero-order chi connectivity index (χ0) is 22.9. The molecule has 31 heavy (non-hydrogen) atoms. The van der Waals surface area contributed by atoms with Gasteiger partial charge in [-0.05, 0) is 38.0 Å². The largest absolute Gasteiger partial charge is 0.507 e. The van der Waals surface area contributed by atoms with Crippen LogP contribution in [-0.4, -0.2) is 38.1 Å². The molecule has 2 aromatic carbocycles. The Hall–Kier alpha value is -4.14. The number of hydrogen-bond acceptors (Lipinski definition) is 8. The molecule has 4 rings (SSSR count). The molecule has 162 valence electrons. The van der Waals surface area contributed by atoms with Crippen LogP contribution in [0.3, 0.4) is 0 Å². The van der Waals surface area contributed by atoms with Crippen LogP contribution in [0.25, 0.3) is 11.0 Å². The molecule has 1 aliphatic rings. The predicted octanol–water partition coefficient (Wildman–Crippen LogP) is 3.19. The van der Waals surface area contributed by atoms with E-state index in [1.54, 1.807) is 13.0 Å². The van der Waals surface area contributed by atoms with E-state index in [0.717, 1.165) is 17.7 Å². The summed E-state index contributed by atoms with van der Waals surface area (Å²) < 4.78 is 11.1. The third-order valence-electron chi connectivity index (χ3n) is 4.61. The summed E-state index contributed by atoms with van der Waals surface area (Å²) >= 11 is 0. The van der Waals surface area contributed by atoms with E-state index in [4.69, 9.17) is 29.6 Å². The first-order valence-corrected chi connectivity index (χ1v) is 9.14. The van der Waals surface area contributed by atoms with Gasteiger partial charge in [0.2, 0.25) is 0 Å². The molecule has 9 heteroatoms. The van der Waals surface area contributed by atoms with Crippen LogP contribution in [0.4, 0.5) is 0 Å². The summed E-state index contributed by atoms with van der Waals surface area (Å²) in [4.78, 5) is 22.3. The van der Waals surface area contributed by atoms with Crippen LogP contribution in [-0.2, 0) is 6.42 Å². The lowest BCUT2D eigenvalue weighted by atomic mass is 10.0. The smallest absolute Gasteiger partial charge is 0.335 e. The Bertz CT molecular complexity index is 1250. The maximum absolute atomic E-state index is 12.0. The van der Waals surface area contributed by atoms with E-state index in [2.05, 4.69) is 0 Å². The molecule has 3 aromatic rings. The third-order valence-corrected chi connectivity index (χ3v) is 4.61. The molecule has 0 aliphatic carbocycles. The minimum atomic E-state index is -1.29. The summed E-state index contributed by atoms with van der Waals surface area (Å²) in [6.07, 6.45) is 2.55. The number of benzene rings is 2. The van der Waals surface area contributed by atoms with Crippen LogP contribution < -0.4 is 10.2 Å². The van der Waals surface area contributed by atoms with Crippen molar-refractivity contribution in [3.63, 3.8) is 0 Å². The Labute approximate surface area is 175 Å². The highest BCUT2D eigenvalue weighted by molar-refractivity contribution is 5.89. The van der Waals surface area contributed by atoms with Crippen molar-refractivity contribution in [2.24, 2.45) is 0 Å². The second kappa shape index (κ2) is 8.31. The van der Waals surface area contributed by atoms with Gasteiger partial charge in [0.1, 0.15) is 34.8 Å². The van der Waals surface area contributed by atoms with Crippen LogP contribution >= 0.6 is 0 Å². The number of fused-ring (bicyclic) bond motifs is 2. The first-order chi connectivity index (χ1) is 14.6. The first kappa shape index (κ1) is 21.6. The summed E-state index contributed by atoms with van der Waals surface area (Å²) in [5.41, 5.74) is 1.57. The SMILES string of the molecule is CC1=CCc2c(cc3oc(C)cc(=O)c3c2O)OC1.O=C(O)c1cc(O)c(O)c(O)c1. The van der Waals surface area contributed by atoms with Crippen LogP contribution in [0.1, 0.15) is 28.6 Å². The molecule has 0 bridgehead atoms. The molecule has 0 saturated heterocycles.